The van der Waals surface area contributed by atoms with Gasteiger partial charge in [-0.1, -0.05) is 6.92 Å². The molecule has 1 fully saturated rings. The van der Waals surface area contributed by atoms with Crippen LogP contribution in [0.4, 0.5) is 0 Å². The number of hydrogen-bond donors (Lipinski definition) is 0. The summed E-state index contributed by atoms with van der Waals surface area (Å²) in [6, 6.07) is 0. The molecule has 0 aromatic carbocycles. The van der Waals surface area contributed by atoms with Gasteiger partial charge in [-0.05, 0) is 19.8 Å². The molecule has 1 heterocycles. The second kappa shape index (κ2) is 5.46. The van der Waals surface area contributed by atoms with Crippen molar-refractivity contribution in [2.24, 2.45) is 5.92 Å². The van der Waals surface area contributed by atoms with Crippen molar-refractivity contribution in [2.75, 3.05) is 30.5 Å². The zero-order chi connectivity index (χ0) is 12.4. The van der Waals surface area contributed by atoms with Gasteiger partial charge >= 0.3 is 0 Å². The average Bonchev–Trinajstić information content (AvgIpc) is 2.15. The molecule has 16 heavy (non-hydrogen) atoms. The van der Waals surface area contributed by atoms with E-state index in [1.54, 1.807) is 4.31 Å². The lowest BCUT2D eigenvalue weighted by molar-refractivity contribution is 0.384. The Morgan fingerprint density at radius 1 is 1.50 bits per heavy atom. The van der Waals surface area contributed by atoms with Gasteiger partial charge in [-0.2, -0.15) is 16.1 Å². The molecule has 0 bridgehead atoms. The van der Waals surface area contributed by atoms with Crippen molar-refractivity contribution in [3.05, 3.63) is 0 Å². The summed E-state index contributed by atoms with van der Waals surface area (Å²) >= 11 is 7.50. The fourth-order valence-electron chi connectivity index (χ4n) is 1.72. The van der Waals surface area contributed by atoms with Crippen molar-refractivity contribution >= 4 is 33.4 Å². The molecule has 0 aromatic rings. The van der Waals surface area contributed by atoms with E-state index < -0.39 is 10.0 Å². The minimum absolute atomic E-state index is 0.0179. The Bertz CT molecular complexity index is 330. The molecule has 0 aromatic heterocycles. The van der Waals surface area contributed by atoms with Crippen LogP contribution in [0.5, 0.6) is 0 Å². The number of hydrogen-bond acceptors (Lipinski definition) is 3. The van der Waals surface area contributed by atoms with E-state index in [2.05, 4.69) is 13.8 Å². The topological polar surface area (TPSA) is 37.4 Å². The van der Waals surface area contributed by atoms with Gasteiger partial charge in [0.15, 0.2) is 0 Å². The number of sulfonamides is 1. The predicted molar refractivity (Wildman–Crippen MR) is 71.8 cm³/mol. The zero-order valence-electron chi connectivity index (χ0n) is 10.1. The first-order chi connectivity index (χ1) is 7.27. The average molecular weight is 286 g/mol. The van der Waals surface area contributed by atoms with Crippen LogP contribution in [0.1, 0.15) is 20.8 Å². The molecule has 6 heteroatoms. The Balaban J connectivity index is 2.69. The van der Waals surface area contributed by atoms with Crippen LogP contribution in [0.3, 0.4) is 0 Å². The van der Waals surface area contributed by atoms with Gasteiger partial charge in [0.05, 0.1) is 5.75 Å². The molecule has 1 atom stereocenters. The molecule has 0 radical (unpaired) electrons. The van der Waals surface area contributed by atoms with E-state index in [1.165, 1.54) is 0 Å². The summed E-state index contributed by atoms with van der Waals surface area (Å²) in [5, 5.41) is 0. The summed E-state index contributed by atoms with van der Waals surface area (Å²) in [5.41, 5.74) is 0. The summed E-state index contributed by atoms with van der Waals surface area (Å²) in [6.07, 6.45) is 0. The standard InChI is InChI=1S/C10H20ClNO2S2/c1-9(6-11)7-16(13,14)12-4-5-15-10(2,3)8-12/h9H,4-8H2,1-3H3. The summed E-state index contributed by atoms with van der Waals surface area (Å²) < 4.78 is 25.8. The minimum Gasteiger partial charge on any atom is -0.212 e. The third kappa shape index (κ3) is 4.09. The smallest absolute Gasteiger partial charge is 0.212 e. The molecule has 1 saturated heterocycles. The van der Waals surface area contributed by atoms with Gasteiger partial charge in [0.2, 0.25) is 10.0 Å². The normalized spacial score (nSPS) is 24.2. The Morgan fingerprint density at radius 2 is 2.12 bits per heavy atom. The van der Waals surface area contributed by atoms with Gasteiger partial charge in [-0.3, -0.25) is 0 Å². The first kappa shape index (κ1) is 14.6. The zero-order valence-corrected chi connectivity index (χ0v) is 12.5. The second-order valence-electron chi connectivity index (χ2n) is 4.98. The van der Waals surface area contributed by atoms with Crippen molar-refractivity contribution in [2.45, 2.75) is 25.5 Å². The van der Waals surface area contributed by atoms with Gasteiger partial charge in [-0.15, -0.1) is 11.6 Å². The van der Waals surface area contributed by atoms with Crippen LogP contribution in [-0.4, -0.2) is 47.9 Å². The number of nitrogens with zero attached hydrogens (tertiary/aromatic N) is 1. The minimum atomic E-state index is -3.13. The Morgan fingerprint density at radius 3 is 2.62 bits per heavy atom. The first-order valence-corrected chi connectivity index (χ1v) is 8.57. The monoisotopic (exact) mass is 285 g/mol. The van der Waals surface area contributed by atoms with Gasteiger partial charge in [0.1, 0.15) is 0 Å². The summed E-state index contributed by atoms with van der Waals surface area (Å²) in [7, 11) is -3.13. The predicted octanol–water partition coefficient (Wildman–Crippen LogP) is 2.02. The van der Waals surface area contributed by atoms with Crippen LogP contribution in [0.25, 0.3) is 0 Å². The quantitative estimate of drug-likeness (QED) is 0.742. The third-order valence-corrected chi connectivity index (χ3v) is 6.46. The lowest BCUT2D eigenvalue weighted by Crippen LogP contribution is -2.47. The molecule has 1 rings (SSSR count). The summed E-state index contributed by atoms with van der Waals surface area (Å²) in [5.74, 6) is 1.45. The number of rotatable bonds is 4. The van der Waals surface area contributed by atoms with Crippen LogP contribution in [0, 0.1) is 5.92 Å². The van der Waals surface area contributed by atoms with Crippen molar-refractivity contribution in [3.8, 4) is 0 Å². The van der Waals surface area contributed by atoms with E-state index in [-0.39, 0.29) is 16.4 Å². The maximum absolute atomic E-state index is 12.1. The Labute approximate surface area is 108 Å². The second-order valence-corrected chi connectivity index (χ2v) is 9.10. The molecular formula is C10H20ClNO2S2. The highest BCUT2D eigenvalue weighted by Gasteiger charge is 2.34. The van der Waals surface area contributed by atoms with E-state index in [0.717, 1.165) is 5.75 Å². The van der Waals surface area contributed by atoms with E-state index in [4.69, 9.17) is 11.6 Å². The number of thioether (sulfide) groups is 1. The number of alkyl halides is 1. The van der Waals surface area contributed by atoms with E-state index in [1.807, 2.05) is 18.7 Å². The van der Waals surface area contributed by atoms with E-state index in [0.29, 0.717) is 19.0 Å². The van der Waals surface area contributed by atoms with E-state index >= 15 is 0 Å². The lowest BCUT2D eigenvalue weighted by Gasteiger charge is -2.37. The summed E-state index contributed by atoms with van der Waals surface area (Å²) in [6.45, 7) is 7.28. The SMILES string of the molecule is CC(CCl)CS(=O)(=O)N1CCSC(C)(C)C1. The molecule has 0 amide bonds. The van der Waals surface area contributed by atoms with Crippen molar-refractivity contribution in [3.63, 3.8) is 0 Å². The highest BCUT2D eigenvalue weighted by Crippen LogP contribution is 2.31. The molecular weight excluding hydrogens is 266 g/mol. The molecule has 0 N–H and O–H groups in total. The lowest BCUT2D eigenvalue weighted by atomic mass is 10.2. The number of halogens is 1. The highest BCUT2D eigenvalue weighted by atomic mass is 35.5. The molecule has 3 nitrogen and oxygen atoms in total. The molecule has 0 aliphatic carbocycles. The van der Waals surface area contributed by atoms with Gasteiger partial charge in [0.25, 0.3) is 0 Å². The molecule has 1 aliphatic rings. The third-order valence-electron chi connectivity index (χ3n) is 2.54. The molecule has 1 unspecified atom stereocenters. The van der Waals surface area contributed by atoms with Crippen molar-refractivity contribution in [1.82, 2.24) is 4.31 Å². The first-order valence-electron chi connectivity index (χ1n) is 5.44. The van der Waals surface area contributed by atoms with Crippen LogP contribution >= 0.6 is 23.4 Å². The van der Waals surface area contributed by atoms with Gasteiger partial charge < -0.3 is 0 Å². The van der Waals surface area contributed by atoms with Crippen LogP contribution in [0.2, 0.25) is 0 Å². The molecule has 1 aliphatic heterocycles. The Hall–Kier alpha value is 0.550. The maximum Gasteiger partial charge on any atom is 0.214 e. The molecule has 96 valence electrons. The van der Waals surface area contributed by atoms with Crippen molar-refractivity contribution in [1.29, 1.82) is 0 Å². The van der Waals surface area contributed by atoms with Crippen LogP contribution in [0.15, 0.2) is 0 Å². The van der Waals surface area contributed by atoms with Crippen LogP contribution in [-0.2, 0) is 10.0 Å². The molecule has 0 spiro atoms. The van der Waals surface area contributed by atoms with Gasteiger partial charge in [-0.25, -0.2) is 8.42 Å². The highest BCUT2D eigenvalue weighted by molar-refractivity contribution is 8.00. The Kier molecular flexibility index (Phi) is 4.99. The van der Waals surface area contributed by atoms with E-state index in [9.17, 15) is 8.42 Å². The fraction of sp³-hybridized carbons (Fsp3) is 1.00. The molecule has 0 saturated carbocycles. The largest absolute Gasteiger partial charge is 0.214 e. The van der Waals surface area contributed by atoms with Crippen LogP contribution < -0.4 is 0 Å². The van der Waals surface area contributed by atoms with Gasteiger partial charge in [0, 0.05) is 29.5 Å². The van der Waals surface area contributed by atoms with Crippen molar-refractivity contribution < 1.29 is 8.42 Å². The summed E-state index contributed by atoms with van der Waals surface area (Å²) in [4.78, 5) is 0. The maximum atomic E-state index is 12.1. The fourth-order valence-corrected chi connectivity index (χ4v) is 5.20.